The number of hydrogen-bond acceptors (Lipinski definition) is 1. The van der Waals surface area contributed by atoms with Gasteiger partial charge in [0.1, 0.15) is 0 Å². The summed E-state index contributed by atoms with van der Waals surface area (Å²) in [5.74, 6) is 0.529. The third kappa shape index (κ3) is 3.03. The Balaban J connectivity index is 1.77. The normalized spacial score (nSPS) is 19.0. The molecule has 24 heavy (non-hydrogen) atoms. The van der Waals surface area contributed by atoms with Gasteiger partial charge in [-0.25, -0.2) is 0 Å². The third-order valence-electron chi connectivity index (χ3n) is 5.26. The van der Waals surface area contributed by atoms with Gasteiger partial charge < -0.3 is 9.88 Å². The lowest BCUT2D eigenvalue weighted by molar-refractivity contribution is 0.519. The molecule has 0 aliphatic carbocycles. The van der Waals surface area contributed by atoms with Crippen LogP contribution in [-0.4, -0.2) is 17.2 Å². The molecule has 3 aromatic rings. The van der Waals surface area contributed by atoms with Crippen LogP contribution in [0.25, 0.3) is 10.9 Å². The van der Waals surface area contributed by atoms with Crippen molar-refractivity contribution in [3.63, 3.8) is 0 Å². The molecular formula is C21H23BrN2. The Hall–Kier alpha value is -1.58. The van der Waals surface area contributed by atoms with Crippen LogP contribution >= 0.6 is 15.9 Å². The molecule has 2 heterocycles. The van der Waals surface area contributed by atoms with E-state index in [1.165, 1.54) is 34.9 Å². The topological polar surface area (TPSA) is 17.0 Å². The highest BCUT2D eigenvalue weighted by Gasteiger charge is 2.25. The second kappa shape index (κ2) is 6.73. The minimum atomic E-state index is 0.529. The first-order valence-electron chi connectivity index (χ1n) is 8.78. The first-order chi connectivity index (χ1) is 11.7. The van der Waals surface area contributed by atoms with E-state index in [1.54, 1.807) is 0 Å². The minimum Gasteiger partial charge on any atom is -0.343 e. The Labute approximate surface area is 152 Å². The highest BCUT2D eigenvalue weighted by Crippen LogP contribution is 2.34. The molecule has 4 rings (SSSR count). The van der Waals surface area contributed by atoms with E-state index in [0.717, 1.165) is 17.6 Å². The Bertz CT molecular complexity index is 832. The van der Waals surface area contributed by atoms with E-state index in [1.807, 2.05) is 0 Å². The summed E-state index contributed by atoms with van der Waals surface area (Å²) in [7, 11) is 0. The molecule has 0 bridgehead atoms. The maximum Gasteiger partial charge on any atom is 0.0487 e. The van der Waals surface area contributed by atoms with E-state index in [9.17, 15) is 0 Å². The summed E-state index contributed by atoms with van der Waals surface area (Å²) in [4.78, 5) is 0. The summed E-state index contributed by atoms with van der Waals surface area (Å²) in [5.41, 5.74) is 4.12. The fourth-order valence-corrected chi connectivity index (χ4v) is 4.29. The minimum absolute atomic E-state index is 0.529. The molecule has 1 N–H and O–H groups in total. The molecule has 3 heteroatoms. The van der Waals surface area contributed by atoms with E-state index in [0.29, 0.717) is 12.0 Å². The molecule has 1 aliphatic heterocycles. The summed E-state index contributed by atoms with van der Waals surface area (Å²) in [6.07, 6.45) is 4.94. The predicted octanol–water partition coefficient (Wildman–Crippen LogP) is 5.31. The van der Waals surface area contributed by atoms with Crippen molar-refractivity contribution in [3.05, 3.63) is 70.3 Å². The van der Waals surface area contributed by atoms with Crippen LogP contribution in [-0.2, 0) is 6.54 Å². The average Bonchev–Trinajstić information content (AvgIpc) is 3.24. The zero-order valence-corrected chi connectivity index (χ0v) is 15.6. The highest BCUT2D eigenvalue weighted by molar-refractivity contribution is 9.10. The van der Waals surface area contributed by atoms with Gasteiger partial charge in [0, 0.05) is 34.2 Å². The summed E-state index contributed by atoms with van der Waals surface area (Å²) in [5, 5.41) is 5.05. The van der Waals surface area contributed by atoms with Gasteiger partial charge in [-0.2, -0.15) is 0 Å². The first-order valence-corrected chi connectivity index (χ1v) is 9.57. The average molecular weight is 383 g/mol. The number of rotatable bonds is 4. The fourth-order valence-electron chi connectivity index (χ4n) is 3.93. The van der Waals surface area contributed by atoms with E-state index in [-0.39, 0.29) is 0 Å². The molecule has 0 radical (unpaired) electrons. The number of hydrogen-bond donors (Lipinski definition) is 1. The zero-order valence-electron chi connectivity index (χ0n) is 14.0. The van der Waals surface area contributed by atoms with Crippen LogP contribution < -0.4 is 5.32 Å². The van der Waals surface area contributed by atoms with Gasteiger partial charge in [0.05, 0.1) is 0 Å². The van der Waals surface area contributed by atoms with Crippen molar-refractivity contribution in [1.82, 2.24) is 9.88 Å². The van der Waals surface area contributed by atoms with Gasteiger partial charge in [-0.3, -0.25) is 0 Å². The molecule has 0 spiro atoms. The highest BCUT2D eigenvalue weighted by atomic mass is 79.9. The van der Waals surface area contributed by atoms with Crippen molar-refractivity contribution >= 4 is 26.8 Å². The number of halogens is 1. The SMILES string of the molecule is CC(c1cn(Cc2ccccc2)c2ccc(Br)cc12)C1CCCN1. The maximum atomic E-state index is 3.67. The second-order valence-electron chi connectivity index (χ2n) is 6.85. The quantitative estimate of drug-likeness (QED) is 0.646. The molecule has 1 saturated heterocycles. The van der Waals surface area contributed by atoms with Crippen molar-refractivity contribution < 1.29 is 0 Å². The van der Waals surface area contributed by atoms with Crippen molar-refractivity contribution in [2.75, 3.05) is 6.54 Å². The largest absolute Gasteiger partial charge is 0.343 e. The Morgan fingerprint density at radius 3 is 2.79 bits per heavy atom. The van der Waals surface area contributed by atoms with Crippen LogP contribution in [0, 0.1) is 0 Å². The monoisotopic (exact) mass is 382 g/mol. The predicted molar refractivity (Wildman–Crippen MR) is 105 cm³/mol. The standard InChI is InChI=1S/C21H23BrN2/c1-15(20-8-5-11-23-20)19-14-24(13-16-6-3-2-4-7-16)21-10-9-17(22)12-18(19)21/h2-4,6-7,9-10,12,14-15,20,23H,5,8,11,13H2,1H3. The summed E-state index contributed by atoms with van der Waals surface area (Å²) >= 11 is 3.65. The van der Waals surface area contributed by atoms with Crippen LogP contribution in [0.15, 0.2) is 59.2 Å². The summed E-state index contributed by atoms with van der Waals surface area (Å²) < 4.78 is 3.55. The summed E-state index contributed by atoms with van der Waals surface area (Å²) in [6, 6.07) is 18.0. The molecule has 2 unspecified atom stereocenters. The van der Waals surface area contributed by atoms with Crippen LogP contribution in [0.1, 0.15) is 36.8 Å². The van der Waals surface area contributed by atoms with Crippen molar-refractivity contribution in [2.24, 2.45) is 0 Å². The molecule has 0 saturated carbocycles. The summed E-state index contributed by atoms with van der Waals surface area (Å²) in [6.45, 7) is 4.44. The van der Waals surface area contributed by atoms with Gasteiger partial charge in [-0.15, -0.1) is 0 Å². The van der Waals surface area contributed by atoms with Gasteiger partial charge in [0.2, 0.25) is 0 Å². The number of nitrogens with zero attached hydrogens (tertiary/aromatic N) is 1. The van der Waals surface area contributed by atoms with Gasteiger partial charge in [-0.05, 0) is 54.6 Å². The first kappa shape index (κ1) is 15.9. The molecule has 2 nitrogen and oxygen atoms in total. The van der Waals surface area contributed by atoms with Gasteiger partial charge in [0.25, 0.3) is 0 Å². The van der Waals surface area contributed by atoms with E-state index in [2.05, 4.69) is 87.5 Å². The Morgan fingerprint density at radius 2 is 2.04 bits per heavy atom. The zero-order chi connectivity index (χ0) is 16.5. The molecule has 1 aliphatic rings. The van der Waals surface area contributed by atoms with Crippen LogP contribution in [0.3, 0.4) is 0 Å². The lowest BCUT2D eigenvalue weighted by atomic mass is 9.92. The molecule has 124 valence electrons. The molecular weight excluding hydrogens is 360 g/mol. The fraction of sp³-hybridized carbons (Fsp3) is 0.333. The number of benzene rings is 2. The van der Waals surface area contributed by atoms with E-state index < -0.39 is 0 Å². The smallest absolute Gasteiger partial charge is 0.0487 e. The van der Waals surface area contributed by atoms with E-state index in [4.69, 9.17) is 0 Å². The third-order valence-corrected chi connectivity index (χ3v) is 5.76. The van der Waals surface area contributed by atoms with Crippen LogP contribution in [0.4, 0.5) is 0 Å². The van der Waals surface area contributed by atoms with Crippen LogP contribution in [0.2, 0.25) is 0 Å². The Kier molecular flexibility index (Phi) is 4.47. The number of fused-ring (bicyclic) bond motifs is 1. The van der Waals surface area contributed by atoms with Gasteiger partial charge in [0.15, 0.2) is 0 Å². The lowest BCUT2D eigenvalue weighted by Crippen LogP contribution is -2.27. The molecule has 1 fully saturated rings. The number of nitrogens with one attached hydrogen (secondary N) is 1. The van der Waals surface area contributed by atoms with Crippen LogP contribution in [0.5, 0.6) is 0 Å². The maximum absolute atomic E-state index is 3.67. The Morgan fingerprint density at radius 1 is 1.21 bits per heavy atom. The second-order valence-corrected chi connectivity index (χ2v) is 7.77. The molecule has 2 aromatic carbocycles. The van der Waals surface area contributed by atoms with Crippen molar-refractivity contribution in [2.45, 2.75) is 38.3 Å². The number of aromatic nitrogens is 1. The molecule has 2 atom stereocenters. The van der Waals surface area contributed by atoms with Gasteiger partial charge >= 0.3 is 0 Å². The van der Waals surface area contributed by atoms with Crippen molar-refractivity contribution in [1.29, 1.82) is 0 Å². The lowest BCUT2D eigenvalue weighted by Gasteiger charge is -2.19. The molecule has 1 aromatic heterocycles. The van der Waals surface area contributed by atoms with E-state index >= 15 is 0 Å². The van der Waals surface area contributed by atoms with Crippen molar-refractivity contribution in [3.8, 4) is 0 Å². The van der Waals surface area contributed by atoms with Gasteiger partial charge in [-0.1, -0.05) is 53.2 Å². The molecule has 0 amide bonds.